The first-order valence-corrected chi connectivity index (χ1v) is 11.4. The van der Waals surface area contributed by atoms with Crippen LogP contribution in [0.2, 0.25) is 5.02 Å². The molecule has 8 nitrogen and oxygen atoms in total. The van der Waals surface area contributed by atoms with Crippen molar-refractivity contribution in [3.8, 4) is 23.0 Å². The number of fused-ring (bicyclic) bond motifs is 3. The molecule has 5 rings (SSSR count). The molecule has 0 spiro atoms. The Kier molecular flexibility index (Phi) is 6.20. The fourth-order valence-electron chi connectivity index (χ4n) is 4.45. The Labute approximate surface area is 211 Å². The normalized spacial score (nSPS) is 16.2. The highest BCUT2D eigenvalue weighted by Gasteiger charge is 2.45. The summed E-state index contributed by atoms with van der Waals surface area (Å²) in [5.74, 6) is 0.176. The Balaban J connectivity index is 1.68. The largest absolute Gasteiger partial charge is 0.493 e. The van der Waals surface area contributed by atoms with Crippen LogP contribution in [-0.4, -0.2) is 33.3 Å². The van der Waals surface area contributed by atoms with Crippen molar-refractivity contribution in [2.75, 3.05) is 26.6 Å². The van der Waals surface area contributed by atoms with Gasteiger partial charge in [-0.05, 0) is 54.1 Å². The van der Waals surface area contributed by atoms with E-state index in [4.69, 9.17) is 35.0 Å². The minimum absolute atomic E-state index is 0.235. The van der Waals surface area contributed by atoms with Gasteiger partial charge in [-0.3, -0.25) is 4.79 Å². The maximum absolute atomic E-state index is 13.5. The van der Waals surface area contributed by atoms with Crippen LogP contribution in [0.1, 0.15) is 17.0 Å². The van der Waals surface area contributed by atoms with E-state index < -0.39 is 23.6 Å². The molecular formula is C27H22ClNO7. The second-order valence-electron chi connectivity index (χ2n) is 8.10. The van der Waals surface area contributed by atoms with Crippen molar-refractivity contribution in [3.63, 3.8) is 0 Å². The number of nitrogens with one attached hydrogen (secondary N) is 1. The molecule has 0 aliphatic carbocycles. The zero-order valence-corrected chi connectivity index (χ0v) is 20.4. The van der Waals surface area contributed by atoms with E-state index in [1.807, 2.05) is 6.07 Å². The van der Waals surface area contributed by atoms with Crippen molar-refractivity contribution in [3.05, 3.63) is 87.2 Å². The van der Waals surface area contributed by atoms with Crippen molar-refractivity contribution in [1.82, 2.24) is 0 Å². The molecule has 1 amide bonds. The molecule has 0 fully saturated rings. The summed E-state index contributed by atoms with van der Waals surface area (Å²) in [4.78, 5) is 26.8. The van der Waals surface area contributed by atoms with Crippen molar-refractivity contribution in [1.29, 1.82) is 0 Å². The van der Waals surface area contributed by atoms with E-state index in [1.54, 1.807) is 54.6 Å². The van der Waals surface area contributed by atoms with Gasteiger partial charge in [0.2, 0.25) is 5.75 Å². The van der Waals surface area contributed by atoms with Crippen LogP contribution in [0.4, 0.5) is 5.69 Å². The molecule has 0 saturated carbocycles. The van der Waals surface area contributed by atoms with Gasteiger partial charge in [-0.25, -0.2) is 4.79 Å². The van der Waals surface area contributed by atoms with Crippen molar-refractivity contribution < 1.29 is 28.2 Å². The molecule has 9 heteroatoms. The zero-order chi connectivity index (χ0) is 25.4. The Morgan fingerprint density at radius 3 is 2.25 bits per heavy atom. The van der Waals surface area contributed by atoms with Crippen molar-refractivity contribution >= 4 is 34.2 Å². The fraction of sp³-hybridized carbons (Fsp3) is 0.185. The first kappa shape index (κ1) is 23.6. The lowest BCUT2D eigenvalue weighted by atomic mass is 9.87. The first-order valence-electron chi connectivity index (χ1n) is 11.0. The molecule has 184 valence electrons. The number of methoxy groups -OCH3 is 3. The second kappa shape index (κ2) is 9.47. The molecule has 3 aromatic carbocycles. The average molecular weight is 508 g/mol. The second-order valence-corrected chi connectivity index (χ2v) is 8.54. The summed E-state index contributed by atoms with van der Waals surface area (Å²) in [6.07, 6.45) is -1.09. The third kappa shape index (κ3) is 3.99. The summed E-state index contributed by atoms with van der Waals surface area (Å²) in [6, 6.07) is 17.1. The molecule has 0 bridgehead atoms. The lowest BCUT2D eigenvalue weighted by molar-refractivity contribution is -0.122. The zero-order valence-electron chi connectivity index (χ0n) is 19.7. The number of benzene rings is 3. The molecule has 1 aliphatic heterocycles. The van der Waals surface area contributed by atoms with E-state index >= 15 is 0 Å². The molecule has 36 heavy (non-hydrogen) atoms. The SMILES string of the molecule is COc1cc([C@@H]2c3c(c4ccccc4oc3=O)O[C@@H]2C(=O)Nc2ccc(Cl)cc2)cc(OC)c1OC. The van der Waals surface area contributed by atoms with E-state index in [9.17, 15) is 9.59 Å². The minimum atomic E-state index is -1.09. The predicted molar refractivity (Wildman–Crippen MR) is 135 cm³/mol. The molecule has 4 aromatic rings. The molecule has 2 atom stereocenters. The summed E-state index contributed by atoms with van der Waals surface area (Å²) in [5.41, 5.74) is 1.10. The standard InChI is InChI=1S/C27H22ClNO7/c1-32-19-12-14(13-20(33-2)24(19)34-3)21-22-23(17-6-4-5-7-18(17)35-27(22)31)36-25(21)26(30)29-16-10-8-15(28)9-11-16/h4-13,21,25H,1-3H3,(H,29,30)/t21-,25+/m1/s1. The molecule has 0 saturated heterocycles. The Morgan fingerprint density at radius 1 is 0.944 bits per heavy atom. The quantitative estimate of drug-likeness (QED) is 0.367. The molecule has 0 radical (unpaired) electrons. The van der Waals surface area contributed by atoms with Gasteiger partial charge in [0, 0.05) is 10.7 Å². The molecule has 1 N–H and O–H groups in total. The van der Waals surface area contributed by atoms with Gasteiger partial charge in [-0.1, -0.05) is 23.7 Å². The summed E-state index contributed by atoms with van der Waals surface area (Å²) >= 11 is 5.98. The Morgan fingerprint density at radius 2 is 1.61 bits per heavy atom. The fourth-order valence-corrected chi connectivity index (χ4v) is 4.58. The van der Waals surface area contributed by atoms with Crippen LogP contribution in [0.15, 0.2) is 69.9 Å². The molecule has 0 unspecified atom stereocenters. The molecule has 2 heterocycles. The highest BCUT2D eigenvalue weighted by molar-refractivity contribution is 6.30. The number of ether oxygens (including phenoxy) is 4. The van der Waals surface area contributed by atoms with Crippen LogP contribution in [0.3, 0.4) is 0 Å². The van der Waals surface area contributed by atoms with E-state index in [2.05, 4.69) is 5.32 Å². The van der Waals surface area contributed by atoms with Crippen LogP contribution >= 0.6 is 11.6 Å². The summed E-state index contributed by atoms with van der Waals surface area (Å²) in [7, 11) is 4.48. The van der Waals surface area contributed by atoms with Gasteiger partial charge in [0.25, 0.3) is 5.91 Å². The summed E-state index contributed by atoms with van der Waals surface area (Å²) < 4.78 is 28.3. The van der Waals surface area contributed by atoms with Crippen LogP contribution in [0, 0.1) is 0 Å². The number of hydrogen-bond donors (Lipinski definition) is 1. The van der Waals surface area contributed by atoms with E-state index in [1.165, 1.54) is 21.3 Å². The van der Waals surface area contributed by atoms with E-state index in [0.29, 0.717) is 50.2 Å². The topological polar surface area (TPSA) is 96.2 Å². The van der Waals surface area contributed by atoms with Crippen LogP contribution < -0.4 is 29.9 Å². The first-order chi connectivity index (χ1) is 17.4. The number of halogens is 1. The lowest BCUT2D eigenvalue weighted by Crippen LogP contribution is -2.35. The predicted octanol–water partition coefficient (Wildman–Crippen LogP) is 5.00. The maximum atomic E-state index is 13.5. The molecule has 1 aromatic heterocycles. The summed E-state index contributed by atoms with van der Waals surface area (Å²) in [5, 5.41) is 3.98. The molecular weight excluding hydrogens is 486 g/mol. The highest BCUT2D eigenvalue weighted by Crippen LogP contribution is 2.48. The van der Waals surface area contributed by atoms with Gasteiger partial charge in [0.15, 0.2) is 17.6 Å². The van der Waals surface area contributed by atoms with Gasteiger partial charge in [-0.2, -0.15) is 0 Å². The van der Waals surface area contributed by atoms with Gasteiger partial charge in [0.1, 0.15) is 11.3 Å². The third-order valence-electron chi connectivity index (χ3n) is 6.07. The number of amides is 1. The number of anilines is 1. The monoisotopic (exact) mass is 507 g/mol. The van der Waals surface area contributed by atoms with E-state index in [0.717, 1.165) is 0 Å². The van der Waals surface area contributed by atoms with E-state index in [-0.39, 0.29) is 5.56 Å². The number of hydrogen-bond acceptors (Lipinski definition) is 7. The lowest BCUT2D eigenvalue weighted by Gasteiger charge is -2.21. The Hall–Kier alpha value is -4.17. The van der Waals surface area contributed by atoms with Gasteiger partial charge in [-0.15, -0.1) is 0 Å². The number of para-hydroxylation sites is 1. The van der Waals surface area contributed by atoms with Crippen molar-refractivity contribution in [2.24, 2.45) is 0 Å². The van der Waals surface area contributed by atoms with Crippen LogP contribution in [0.25, 0.3) is 11.0 Å². The van der Waals surface area contributed by atoms with Gasteiger partial charge < -0.3 is 28.7 Å². The number of rotatable bonds is 6. The smallest absolute Gasteiger partial charge is 0.344 e. The Bertz CT molecular complexity index is 1490. The highest BCUT2D eigenvalue weighted by atomic mass is 35.5. The van der Waals surface area contributed by atoms with Crippen LogP contribution in [0.5, 0.6) is 23.0 Å². The summed E-state index contributed by atoms with van der Waals surface area (Å²) in [6.45, 7) is 0. The number of carbonyl (C=O) groups excluding carboxylic acids is 1. The maximum Gasteiger partial charge on any atom is 0.344 e. The van der Waals surface area contributed by atoms with Crippen LogP contribution in [-0.2, 0) is 4.79 Å². The van der Waals surface area contributed by atoms with Gasteiger partial charge in [0.05, 0.1) is 38.2 Å². The third-order valence-corrected chi connectivity index (χ3v) is 6.33. The molecule has 1 aliphatic rings. The minimum Gasteiger partial charge on any atom is -0.493 e. The van der Waals surface area contributed by atoms with Crippen molar-refractivity contribution in [2.45, 2.75) is 12.0 Å². The number of carbonyl (C=O) groups is 1. The average Bonchev–Trinajstić information content (AvgIpc) is 3.31. The van der Waals surface area contributed by atoms with Gasteiger partial charge >= 0.3 is 5.63 Å².